The van der Waals surface area contributed by atoms with Gasteiger partial charge in [0.15, 0.2) is 0 Å². The number of nitro groups is 1. The van der Waals surface area contributed by atoms with Crippen molar-refractivity contribution in [2.24, 2.45) is 0 Å². The molecule has 0 aliphatic carbocycles. The minimum Gasteiger partial charge on any atom is -0.492 e. The van der Waals surface area contributed by atoms with Crippen molar-refractivity contribution in [1.82, 2.24) is 4.90 Å². The van der Waals surface area contributed by atoms with Gasteiger partial charge in [-0.3, -0.25) is 19.8 Å². The molecule has 0 radical (unpaired) electrons. The summed E-state index contributed by atoms with van der Waals surface area (Å²) in [5, 5.41) is 13.6. The third kappa shape index (κ3) is 5.86. The van der Waals surface area contributed by atoms with Crippen LogP contribution in [-0.4, -0.2) is 42.5 Å². The van der Waals surface area contributed by atoms with Crippen LogP contribution in [0.4, 0.5) is 11.4 Å². The highest BCUT2D eigenvalue weighted by molar-refractivity contribution is 5.94. The van der Waals surface area contributed by atoms with Crippen molar-refractivity contribution in [2.45, 2.75) is 13.8 Å². The number of carbonyl (C=O) groups excluding carboxylic acids is 1. The van der Waals surface area contributed by atoms with E-state index < -0.39 is 4.92 Å². The molecule has 2 aromatic carbocycles. The lowest BCUT2D eigenvalue weighted by Crippen LogP contribution is -2.33. The number of hydrogen-bond donors (Lipinski definition) is 1. The number of benzene rings is 2. The molecule has 7 heteroatoms. The van der Waals surface area contributed by atoms with E-state index in [0.717, 1.165) is 16.9 Å². The Morgan fingerprint density at radius 3 is 2.50 bits per heavy atom. The smallest absolute Gasteiger partial charge is 0.292 e. The Bertz CT molecular complexity index is 772. The number of para-hydroxylation sites is 2. The number of carbonyl (C=O) groups is 1. The molecule has 0 atom stereocenters. The zero-order valence-electron chi connectivity index (χ0n) is 15.2. The first kappa shape index (κ1) is 19.4. The van der Waals surface area contributed by atoms with Crippen molar-refractivity contribution in [3.8, 4) is 5.75 Å². The topological polar surface area (TPSA) is 84.7 Å². The molecule has 0 fully saturated rings. The molecule has 0 saturated heterocycles. The normalized spacial score (nSPS) is 10.6. The molecule has 7 nitrogen and oxygen atoms in total. The molecule has 2 aromatic rings. The maximum absolute atomic E-state index is 12.1. The second-order valence-corrected chi connectivity index (χ2v) is 6.23. The lowest BCUT2D eigenvalue weighted by Gasteiger charge is -2.17. The fourth-order valence-corrected chi connectivity index (χ4v) is 2.59. The predicted molar refractivity (Wildman–Crippen MR) is 101 cm³/mol. The first-order chi connectivity index (χ1) is 12.3. The third-order valence-corrected chi connectivity index (χ3v) is 3.73. The lowest BCUT2D eigenvalue weighted by atomic mass is 10.1. The minimum atomic E-state index is -0.517. The van der Waals surface area contributed by atoms with Gasteiger partial charge >= 0.3 is 0 Å². The first-order valence-electron chi connectivity index (χ1n) is 8.28. The molecule has 138 valence electrons. The van der Waals surface area contributed by atoms with Crippen LogP contribution in [0.3, 0.4) is 0 Å². The van der Waals surface area contributed by atoms with Gasteiger partial charge in [-0.15, -0.1) is 0 Å². The van der Waals surface area contributed by atoms with Gasteiger partial charge in [0, 0.05) is 12.6 Å². The van der Waals surface area contributed by atoms with E-state index >= 15 is 0 Å². The highest BCUT2D eigenvalue weighted by atomic mass is 16.6. The molecule has 0 bridgehead atoms. The van der Waals surface area contributed by atoms with Gasteiger partial charge in [-0.2, -0.15) is 0 Å². The fraction of sp³-hybridized carbons (Fsp3) is 0.316. The van der Waals surface area contributed by atoms with Gasteiger partial charge in [-0.25, -0.2) is 0 Å². The Labute approximate surface area is 152 Å². The van der Waals surface area contributed by atoms with Gasteiger partial charge in [0.2, 0.25) is 5.91 Å². The zero-order chi connectivity index (χ0) is 19.1. The Balaban J connectivity index is 1.81. The summed E-state index contributed by atoms with van der Waals surface area (Å²) in [5.41, 5.74) is 2.35. The minimum absolute atomic E-state index is 0.113. The zero-order valence-corrected chi connectivity index (χ0v) is 15.2. The summed E-state index contributed by atoms with van der Waals surface area (Å²) in [6, 6.07) is 12.1. The van der Waals surface area contributed by atoms with Gasteiger partial charge < -0.3 is 10.1 Å². The average molecular weight is 357 g/mol. The molecular formula is C19H23N3O4. The number of nitrogens with zero attached hydrogens (tertiary/aromatic N) is 2. The number of rotatable bonds is 8. The van der Waals surface area contributed by atoms with Crippen molar-refractivity contribution in [1.29, 1.82) is 0 Å². The SMILES string of the molecule is Cc1cc(C)cc(OCCN(C)CC(=O)Nc2ccccc2[N+](=O)[O-])c1. The number of aryl methyl sites for hydroxylation is 2. The van der Waals surface area contributed by atoms with Crippen LogP contribution >= 0.6 is 0 Å². The van der Waals surface area contributed by atoms with Crippen molar-refractivity contribution in [3.63, 3.8) is 0 Å². The van der Waals surface area contributed by atoms with Crippen LogP contribution in [0.1, 0.15) is 11.1 Å². The van der Waals surface area contributed by atoms with Gasteiger partial charge in [0.25, 0.3) is 5.69 Å². The molecule has 0 unspecified atom stereocenters. The molecular weight excluding hydrogens is 334 g/mol. The van der Waals surface area contributed by atoms with Crippen LogP contribution in [0, 0.1) is 24.0 Å². The monoisotopic (exact) mass is 357 g/mol. The van der Waals surface area contributed by atoms with E-state index in [0.29, 0.717) is 13.2 Å². The highest BCUT2D eigenvalue weighted by Gasteiger charge is 2.15. The maximum atomic E-state index is 12.1. The number of nitro benzene ring substituents is 1. The van der Waals surface area contributed by atoms with Gasteiger partial charge in [0.05, 0.1) is 11.5 Å². The largest absolute Gasteiger partial charge is 0.492 e. The maximum Gasteiger partial charge on any atom is 0.292 e. The molecule has 26 heavy (non-hydrogen) atoms. The van der Waals surface area contributed by atoms with E-state index in [4.69, 9.17) is 4.74 Å². The second kappa shape index (κ2) is 8.96. The van der Waals surface area contributed by atoms with E-state index in [-0.39, 0.29) is 23.8 Å². The van der Waals surface area contributed by atoms with Crippen LogP contribution in [0.2, 0.25) is 0 Å². The summed E-state index contributed by atoms with van der Waals surface area (Å²) >= 11 is 0. The average Bonchev–Trinajstić information content (AvgIpc) is 2.54. The van der Waals surface area contributed by atoms with Crippen LogP contribution in [0.5, 0.6) is 5.75 Å². The lowest BCUT2D eigenvalue weighted by molar-refractivity contribution is -0.383. The Morgan fingerprint density at radius 1 is 1.19 bits per heavy atom. The van der Waals surface area contributed by atoms with E-state index in [1.165, 1.54) is 12.1 Å². The molecule has 0 aliphatic heterocycles. The van der Waals surface area contributed by atoms with Gasteiger partial charge in [-0.1, -0.05) is 18.2 Å². The molecule has 0 saturated carbocycles. The van der Waals surface area contributed by atoms with Gasteiger partial charge in [0.1, 0.15) is 18.0 Å². The highest BCUT2D eigenvalue weighted by Crippen LogP contribution is 2.23. The fourth-order valence-electron chi connectivity index (χ4n) is 2.59. The Hall–Kier alpha value is -2.93. The van der Waals surface area contributed by atoms with Crippen LogP contribution < -0.4 is 10.1 Å². The summed E-state index contributed by atoms with van der Waals surface area (Å²) in [4.78, 5) is 24.4. The Kier molecular flexibility index (Phi) is 6.68. The molecule has 1 amide bonds. The molecule has 0 spiro atoms. The number of anilines is 1. The Morgan fingerprint density at radius 2 is 1.85 bits per heavy atom. The standard InChI is InChI=1S/C19H23N3O4/c1-14-10-15(2)12-16(11-14)26-9-8-21(3)13-19(23)20-17-6-4-5-7-18(17)22(24)25/h4-7,10-12H,8-9,13H2,1-3H3,(H,20,23). The van der Waals surface area contributed by atoms with E-state index in [1.54, 1.807) is 24.1 Å². The van der Waals surface area contributed by atoms with Crippen LogP contribution in [0.25, 0.3) is 0 Å². The molecule has 0 aliphatic rings. The summed E-state index contributed by atoms with van der Waals surface area (Å²) < 4.78 is 5.73. The van der Waals surface area contributed by atoms with E-state index in [1.807, 2.05) is 26.0 Å². The summed E-state index contributed by atoms with van der Waals surface area (Å²) in [5.74, 6) is 0.494. The number of ether oxygens (including phenoxy) is 1. The van der Waals surface area contributed by atoms with Crippen molar-refractivity contribution in [3.05, 3.63) is 63.7 Å². The second-order valence-electron chi connectivity index (χ2n) is 6.23. The van der Waals surface area contributed by atoms with E-state index in [9.17, 15) is 14.9 Å². The van der Waals surface area contributed by atoms with Crippen LogP contribution in [-0.2, 0) is 4.79 Å². The summed E-state index contributed by atoms with van der Waals surface area (Å²) in [6.45, 7) is 5.13. The number of amides is 1. The van der Waals surface area contributed by atoms with Crippen molar-refractivity contribution < 1.29 is 14.5 Å². The quantitative estimate of drug-likeness (QED) is 0.579. The molecule has 0 aromatic heterocycles. The third-order valence-electron chi connectivity index (χ3n) is 3.73. The van der Waals surface area contributed by atoms with Crippen molar-refractivity contribution >= 4 is 17.3 Å². The molecule has 1 N–H and O–H groups in total. The molecule has 2 rings (SSSR count). The predicted octanol–water partition coefficient (Wildman–Crippen LogP) is 3.16. The van der Waals surface area contributed by atoms with Crippen LogP contribution in [0.15, 0.2) is 42.5 Å². The number of nitrogens with one attached hydrogen (secondary N) is 1. The first-order valence-corrected chi connectivity index (χ1v) is 8.28. The number of hydrogen-bond acceptors (Lipinski definition) is 5. The summed E-state index contributed by atoms with van der Waals surface area (Å²) in [7, 11) is 1.80. The summed E-state index contributed by atoms with van der Waals surface area (Å²) in [6.07, 6.45) is 0. The molecule has 0 heterocycles. The number of likely N-dealkylation sites (N-methyl/N-ethyl adjacent to an activating group) is 1. The van der Waals surface area contributed by atoms with E-state index in [2.05, 4.69) is 11.4 Å². The van der Waals surface area contributed by atoms with Crippen molar-refractivity contribution in [2.75, 3.05) is 32.1 Å². The van der Waals surface area contributed by atoms with Gasteiger partial charge in [-0.05, 0) is 50.2 Å².